The van der Waals surface area contributed by atoms with Gasteiger partial charge in [0.25, 0.3) is 0 Å². The number of carbonyl (C=O) groups is 2. The Morgan fingerprint density at radius 2 is 1.95 bits per heavy atom. The number of hydrogen-bond acceptors (Lipinski definition) is 7. The molecule has 1 aromatic rings. The topological polar surface area (TPSA) is 80.3 Å². The molecule has 0 amide bonds. The van der Waals surface area contributed by atoms with Gasteiger partial charge in [-0.25, -0.2) is 14.5 Å². The van der Waals surface area contributed by atoms with Crippen LogP contribution < -0.4 is 4.74 Å². The van der Waals surface area contributed by atoms with Crippen molar-refractivity contribution in [3.05, 3.63) is 29.8 Å². The highest BCUT2D eigenvalue weighted by atomic mass is 17.5. The Balaban J connectivity index is 2.43. The summed E-state index contributed by atoms with van der Waals surface area (Å²) < 4.78 is 9.82. The summed E-state index contributed by atoms with van der Waals surface area (Å²) >= 11 is 0. The summed E-state index contributed by atoms with van der Waals surface area (Å²) in [6.45, 7) is 5.56. The summed E-state index contributed by atoms with van der Waals surface area (Å²) in [7, 11) is 0. The molecule has 110 valence electrons. The molecule has 1 rings (SSSR count). The molecule has 0 saturated carbocycles. The highest BCUT2D eigenvalue weighted by molar-refractivity contribution is 5.89. The van der Waals surface area contributed by atoms with Crippen molar-refractivity contribution in [2.75, 3.05) is 6.61 Å². The number of ether oxygens (including phenoxy) is 2. The molecule has 0 heterocycles. The molecule has 0 aliphatic heterocycles. The Kier molecular flexibility index (Phi) is 6.31. The molecule has 0 atom stereocenters. The zero-order valence-electron chi connectivity index (χ0n) is 11.5. The first-order valence-corrected chi connectivity index (χ1v) is 6.02. The molecule has 0 bridgehead atoms. The SMILES string of the molecule is CCOc1cccc(C(=O)OOOC(=O)OC(C)C)c1. The van der Waals surface area contributed by atoms with E-state index in [-0.39, 0.29) is 11.7 Å². The Morgan fingerprint density at radius 1 is 1.20 bits per heavy atom. The van der Waals surface area contributed by atoms with Crippen molar-refractivity contribution >= 4 is 12.1 Å². The molecule has 0 aliphatic carbocycles. The molecular weight excluding hydrogens is 268 g/mol. The van der Waals surface area contributed by atoms with E-state index in [1.807, 2.05) is 6.92 Å². The van der Waals surface area contributed by atoms with Gasteiger partial charge in [-0.3, -0.25) is 4.89 Å². The zero-order valence-corrected chi connectivity index (χ0v) is 11.5. The Morgan fingerprint density at radius 3 is 2.60 bits per heavy atom. The Labute approximate surface area is 116 Å². The average Bonchev–Trinajstić information content (AvgIpc) is 2.38. The van der Waals surface area contributed by atoms with Crippen molar-refractivity contribution in [2.45, 2.75) is 26.9 Å². The fraction of sp³-hybridized carbons (Fsp3) is 0.385. The van der Waals surface area contributed by atoms with E-state index in [1.165, 1.54) is 12.1 Å². The van der Waals surface area contributed by atoms with E-state index >= 15 is 0 Å². The maximum atomic E-state index is 11.6. The molecule has 0 fully saturated rings. The first-order chi connectivity index (χ1) is 9.52. The summed E-state index contributed by atoms with van der Waals surface area (Å²) in [5.41, 5.74) is 0.191. The van der Waals surface area contributed by atoms with E-state index in [1.54, 1.807) is 26.0 Å². The van der Waals surface area contributed by atoms with Crippen molar-refractivity contribution < 1.29 is 33.9 Å². The van der Waals surface area contributed by atoms with Crippen LogP contribution in [0, 0.1) is 0 Å². The van der Waals surface area contributed by atoms with Gasteiger partial charge in [0.05, 0.1) is 23.3 Å². The monoisotopic (exact) mass is 284 g/mol. The van der Waals surface area contributed by atoms with Gasteiger partial charge in [-0.05, 0) is 39.0 Å². The van der Waals surface area contributed by atoms with Crippen molar-refractivity contribution in [1.82, 2.24) is 0 Å². The molecule has 0 spiro atoms. The van der Waals surface area contributed by atoms with Crippen molar-refractivity contribution in [2.24, 2.45) is 0 Å². The minimum absolute atomic E-state index is 0.191. The minimum atomic E-state index is -1.10. The first-order valence-electron chi connectivity index (χ1n) is 6.02. The van der Waals surface area contributed by atoms with Crippen molar-refractivity contribution in [3.8, 4) is 5.75 Å². The summed E-state index contributed by atoms with van der Waals surface area (Å²) in [5.74, 6) is -0.314. The van der Waals surface area contributed by atoms with E-state index in [2.05, 4.69) is 19.6 Å². The van der Waals surface area contributed by atoms with Gasteiger partial charge in [0.15, 0.2) is 0 Å². The number of rotatable bonds is 6. The molecule has 0 aliphatic rings. The molecular formula is C13H16O7. The van der Waals surface area contributed by atoms with Gasteiger partial charge in [0.2, 0.25) is 0 Å². The second kappa shape index (κ2) is 8.00. The highest BCUT2D eigenvalue weighted by Gasteiger charge is 2.13. The first kappa shape index (κ1) is 15.8. The van der Waals surface area contributed by atoms with Crippen LogP contribution in [0.5, 0.6) is 5.75 Å². The van der Waals surface area contributed by atoms with Gasteiger partial charge in [-0.2, -0.15) is 0 Å². The number of benzene rings is 1. The molecule has 0 N–H and O–H groups in total. The van der Waals surface area contributed by atoms with Gasteiger partial charge in [-0.1, -0.05) is 6.07 Å². The molecule has 0 saturated heterocycles. The second-order valence-electron chi connectivity index (χ2n) is 3.90. The van der Waals surface area contributed by atoms with Crippen LogP contribution in [0.1, 0.15) is 31.1 Å². The molecule has 7 nitrogen and oxygen atoms in total. The lowest BCUT2D eigenvalue weighted by Crippen LogP contribution is -2.15. The fourth-order valence-corrected chi connectivity index (χ4v) is 1.22. The summed E-state index contributed by atoms with van der Waals surface area (Å²) in [4.78, 5) is 30.9. The molecule has 1 aromatic carbocycles. The summed E-state index contributed by atoms with van der Waals surface area (Å²) in [5, 5.41) is 4.05. The van der Waals surface area contributed by atoms with E-state index in [9.17, 15) is 9.59 Å². The normalized spacial score (nSPS) is 10.0. The predicted octanol–water partition coefficient (Wildman–Crippen LogP) is 2.65. The number of carbonyl (C=O) groups excluding carboxylic acids is 2. The summed E-state index contributed by atoms with van der Waals surface area (Å²) in [6.07, 6.45) is -1.47. The van der Waals surface area contributed by atoms with Crippen LogP contribution in [0.25, 0.3) is 0 Å². The maximum Gasteiger partial charge on any atom is 0.543 e. The maximum absolute atomic E-state index is 11.6. The van der Waals surface area contributed by atoms with Crippen LogP contribution in [0.3, 0.4) is 0 Å². The van der Waals surface area contributed by atoms with Crippen LogP contribution in [0.2, 0.25) is 0 Å². The van der Waals surface area contributed by atoms with Crippen molar-refractivity contribution in [1.29, 1.82) is 0 Å². The lowest BCUT2D eigenvalue weighted by atomic mass is 10.2. The zero-order chi connectivity index (χ0) is 15.0. The third-order valence-corrected chi connectivity index (χ3v) is 1.92. The van der Waals surface area contributed by atoms with E-state index in [4.69, 9.17) is 4.74 Å². The number of hydrogen-bond donors (Lipinski definition) is 0. The van der Waals surface area contributed by atoms with Crippen LogP contribution in [-0.2, 0) is 19.6 Å². The fourth-order valence-electron chi connectivity index (χ4n) is 1.22. The standard InChI is InChI=1S/C13H16O7/c1-4-16-11-7-5-6-10(8-11)12(14)18-20-19-13(15)17-9(2)3/h5-9H,4H2,1-3H3. The Bertz CT molecular complexity index is 456. The van der Waals surface area contributed by atoms with Crippen LogP contribution in [-0.4, -0.2) is 24.8 Å². The molecule has 20 heavy (non-hydrogen) atoms. The summed E-state index contributed by atoms with van der Waals surface area (Å²) in [6, 6.07) is 6.29. The Hall–Kier alpha value is -2.28. The van der Waals surface area contributed by atoms with E-state index in [0.717, 1.165) is 0 Å². The minimum Gasteiger partial charge on any atom is -0.494 e. The van der Waals surface area contributed by atoms with Crippen LogP contribution in [0.15, 0.2) is 24.3 Å². The predicted molar refractivity (Wildman–Crippen MR) is 66.8 cm³/mol. The average molecular weight is 284 g/mol. The largest absolute Gasteiger partial charge is 0.543 e. The van der Waals surface area contributed by atoms with Gasteiger partial charge in [0, 0.05) is 0 Å². The highest BCUT2D eigenvalue weighted by Crippen LogP contribution is 2.14. The molecule has 7 heteroatoms. The third kappa shape index (κ3) is 5.57. The molecule has 0 unspecified atom stereocenters. The van der Waals surface area contributed by atoms with E-state index in [0.29, 0.717) is 12.4 Å². The van der Waals surface area contributed by atoms with Crippen LogP contribution >= 0.6 is 0 Å². The smallest absolute Gasteiger partial charge is 0.494 e. The van der Waals surface area contributed by atoms with E-state index < -0.39 is 12.1 Å². The lowest BCUT2D eigenvalue weighted by Gasteiger charge is -2.06. The second-order valence-corrected chi connectivity index (χ2v) is 3.90. The van der Waals surface area contributed by atoms with Gasteiger partial charge >= 0.3 is 12.1 Å². The van der Waals surface area contributed by atoms with Gasteiger partial charge in [0.1, 0.15) is 5.75 Å². The molecule has 0 aromatic heterocycles. The third-order valence-electron chi connectivity index (χ3n) is 1.92. The van der Waals surface area contributed by atoms with Gasteiger partial charge < -0.3 is 9.47 Å². The lowest BCUT2D eigenvalue weighted by molar-refractivity contribution is -0.452. The van der Waals surface area contributed by atoms with Crippen molar-refractivity contribution in [3.63, 3.8) is 0 Å². The van der Waals surface area contributed by atoms with Crippen LogP contribution in [0.4, 0.5) is 4.79 Å². The quantitative estimate of drug-likeness (QED) is 0.451. The van der Waals surface area contributed by atoms with Gasteiger partial charge in [-0.15, -0.1) is 0 Å². The molecule has 0 radical (unpaired) electrons.